The van der Waals surface area contributed by atoms with Gasteiger partial charge >= 0.3 is 11.9 Å². The number of rotatable bonds is 31. The summed E-state index contributed by atoms with van der Waals surface area (Å²) in [6, 6.07) is 0. The maximum Gasteiger partial charge on any atom is 0.370 e. The summed E-state index contributed by atoms with van der Waals surface area (Å²) in [5, 5.41) is 17.1. The molecule has 0 aromatic carbocycles. The quantitative estimate of drug-likeness (QED) is 0.0297. The van der Waals surface area contributed by atoms with Crippen molar-refractivity contribution in [2.75, 3.05) is 113 Å². The summed E-state index contributed by atoms with van der Waals surface area (Å²) in [5.74, 6) is -6.85. The van der Waals surface area contributed by atoms with Crippen LogP contribution < -0.4 is 25.4 Å². The standard InChI is InChI=1S/C30H63N7O14S2/c1-23(2)26(40)33-13-20-48-29(36(7)8,47-19-11-31-6)28(46-18-14-34-52(10,42)43)51-30(27(41)37(9)16-17-38,49-21-12-32-25(5)39)50-22-15-35-53(44,45)24(3)4/h23-24,28,31,34-35,38H,11-22H2,1-10H3,(H,32,39)(H,33,40). The summed E-state index contributed by atoms with van der Waals surface area (Å²) < 4.78 is 90.2. The zero-order chi connectivity index (χ0) is 40.9. The number of carbonyl (C=O) groups excluding carboxylic acids is 3. The number of sulfonamides is 2. The monoisotopic (exact) mass is 809 g/mol. The fourth-order valence-corrected chi connectivity index (χ4v) is 5.14. The molecule has 21 nitrogen and oxygen atoms in total. The Kier molecular flexibility index (Phi) is 24.1. The minimum absolute atomic E-state index is 0.00731. The molecule has 0 aromatic rings. The molecule has 3 unspecified atom stereocenters. The van der Waals surface area contributed by atoms with Gasteiger partial charge in [-0.05, 0) is 35.0 Å². The second-order valence-corrected chi connectivity index (χ2v) is 16.6. The first kappa shape index (κ1) is 50.9. The van der Waals surface area contributed by atoms with Crippen molar-refractivity contribution in [1.82, 2.24) is 35.2 Å². The number of amides is 3. The van der Waals surface area contributed by atoms with Gasteiger partial charge in [0.25, 0.3) is 5.91 Å². The third-order valence-electron chi connectivity index (χ3n) is 6.94. The van der Waals surface area contributed by atoms with Crippen molar-refractivity contribution in [3.63, 3.8) is 0 Å². The Hall–Kier alpha value is -2.13. The van der Waals surface area contributed by atoms with E-state index in [-0.39, 0.29) is 70.9 Å². The molecule has 3 atom stereocenters. The molecule has 0 radical (unpaired) electrons. The van der Waals surface area contributed by atoms with E-state index in [0.717, 1.165) is 11.2 Å². The van der Waals surface area contributed by atoms with Gasteiger partial charge in [0.1, 0.15) is 0 Å². The van der Waals surface area contributed by atoms with Gasteiger partial charge in [0.2, 0.25) is 38.2 Å². The normalized spacial score (nSPS) is 15.3. The highest BCUT2D eigenvalue weighted by Crippen LogP contribution is 2.31. The van der Waals surface area contributed by atoms with Gasteiger partial charge in [-0.15, -0.1) is 0 Å². The van der Waals surface area contributed by atoms with Gasteiger partial charge in [0, 0.05) is 59.2 Å². The van der Waals surface area contributed by atoms with E-state index in [0.29, 0.717) is 0 Å². The second kappa shape index (κ2) is 25.1. The molecule has 0 aliphatic rings. The average molecular weight is 810 g/mol. The fourth-order valence-electron chi connectivity index (χ4n) is 3.99. The summed E-state index contributed by atoms with van der Waals surface area (Å²) in [5.41, 5.74) is 0. The number of aliphatic hydroxyl groups is 1. The van der Waals surface area contributed by atoms with Gasteiger partial charge in [0.05, 0.1) is 51.1 Å². The maximum atomic E-state index is 14.2. The van der Waals surface area contributed by atoms with E-state index in [1.165, 1.54) is 32.7 Å². The van der Waals surface area contributed by atoms with Gasteiger partial charge in [-0.1, -0.05) is 13.8 Å². The molecule has 23 heteroatoms. The van der Waals surface area contributed by atoms with Crippen molar-refractivity contribution >= 4 is 37.8 Å². The summed E-state index contributed by atoms with van der Waals surface area (Å²) >= 11 is 0. The second-order valence-electron chi connectivity index (χ2n) is 12.4. The molecule has 53 heavy (non-hydrogen) atoms. The minimum Gasteiger partial charge on any atom is -0.395 e. The Morgan fingerprint density at radius 3 is 1.79 bits per heavy atom. The lowest BCUT2D eigenvalue weighted by molar-refractivity contribution is -0.466. The number of hydrogen-bond donors (Lipinski definition) is 6. The van der Waals surface area contributed by atoms with Gasteiger partial charge < -0.3 is 49.6 Å². The van der Waals surface area contributed by atoms with E-state index in [1.54, 1.807) is 35.0 Å². The lowest BCUT2D eigenvalue weighted by Gasteiger charge is -2.46. The third-order valence-corrected chi connectivity index (χ3v) is 9.52. The Balaban J connectivity index is 7.33. The van der Waals surface area contributed by atoms with Crippen molar-refractivity contribution in [1.29, 1.82) is 0 Å². The van der Waals surface area contributed by atoms with Crippen molar-refractivity contribution in [3.8, 4) is 0 Å². The van der Waals surface area contributed by atoms with Crippen molar-refractivity contribution in [2.24, 2.45) is 5.92 Å². The molecule has 0 aromatic heterocycles. The van der Waals surface area contributed by atoms with E-state index in [1.807, 2.05) is 0 Å². The molecule has 0 fully saturated rings. The molecule has 0 rings (SSSR count). The van der Waals surface area contributed by atoms with E-state index < -0.39 is 75.1 Å². The van der Waals surface area contributed by atoms with Crippen LogP contribution in [0.2, 0.25) is 0 Å². The average Bonchev–Trinajstić information content (AvgIpc) is 3.06. The topological polar surface area (TPSA) is 262 Å². The molecular weight excluding hydrogens is 746 g/mol. The lowest BCUT2D eigenvalue weighted by atomic mass is 10.2. The smallest absolute Gasteiger partial charge is 0.370 e. The van der Waals surface area contributed by atoms with Crippen LogP contribution in [0.1, 0.15) is 34.6 Å². The largest absolute Gasteiger partial charge is 0.395 e. The van der Waals surface area contributed by atoms with E-state index in [2.05, 4.69) is 25.4 Å². The zero-order valence-corrected chi connectivity index (χ0v) is 34.3. The van der Waals surface area contributed by atoms with Crippen LogP contribution in [0, 0.1) is 5.92 Å². The van der Waals surface area contributed by atoms with Crippen LogP contribution in [0.5, 0.6) is 0 Å². The lowest BCUT2D eigenvalue weighted by Crippen LogP contribution is -2.65. The number of aliphatic hydroxyl groups excluding tert-OH is 1. The number of ether oxygens (including phenoxy) is 6. The van der Waals surface area contributed by atoms with Crippen LogP contribution in [-0.4, -0.2) is 186 Å². The van der Waals surface area contributed by atoms with Crippen LogP contribution in [0.25, 0.3) is 0 Å². The molecule has 314 valence electrons. The zero-order valence-electron chi connectivity index (χ0n) is 32.7. The van der Waals surface area contributed by atoms with Crippen LogP contribution in [-0.2, 0) is 62.9 Å². The SMILES string of the molecule is CNCCOC(OCCNC(=O)C(C)C)(C(OCCNS(C)(=O)=O)OC(OCCNC(C)=O)(OCCNS(=O)(=O)C(C)C)C(=O)N(C)CCO)N(C)C. The molecule has 3 amide bonds. The number of likely N-dealkylation sites (N-methyl/N-ethyl adjacent to an activating group) is 3. The highest BCUT2D eigenvalue weighted by molar-refractivity contribution is 7.90. The van der Waals surface area contributed by atoms with E-state index >= 15 is 0 Å². The molecule has 0 saturated heterocycles. The van der Waals surface area contributed by atoms with Crippen molar-refractivity contribution < 1.29 is 64.7 Å². The Bertz CT molecular complexity index is 1310. The van der Waals surface area contributed by atoms with Gasteiger partial charge in [-0.3, -0.25) is 24.0 Å². The van der Waals surface area contributed by atoms with Crippen LogP contribution in [0.3, 0.4) is 0 Å². The first-order valence-electron chi connectivity index (χ1n) is 17.1. The summed E-state index contributed by atoms with van der Waals surface area (Å²) in [6.45, 7) is 4.98. The fraction of sp³-hybridized carbons (Fsp3) is 0.900. The van der Waals surface area contributed by atoms with E-state index in [9.17, 15) is 36.3 Å². The Morgan fingerprint density at radius 1 is 0.774 bits per heavy atom. The Labute approximate surface area is 314 Å². The highest BCUT2D eigenvalue weighted by Gasteiger charge is 2.55. The third kappa shape index (κ3) is 19.3. The summed E-state index contributed by atoms with van der Waals surface area (Å²) in [7, 11) is -1.34. The van der Waals surface area contributed by atoms with Crippen molar-refractivity contribution in [3.05, 3.63) is 0 Å². The summed E-state index contributed by atoms with van der Waals surface area (Å²) in [4.78, 5) is 40.6. The molecule has 0 aliphatic heterocycles. The number of nitrogens with one attached hydrogen (secondary N) is 5. The van der Waals surface area contributed by atoms with Crippen LogP contribution in [0.4, 0.5) is 0 Å². The molecule has 0 heterocycles. The maximum absolute atomic E-state index is 14.2. The minimum atomic E-state index is -3.76. The highest BCUT2D eigenvalue weighted by atomic mass is 32.2. The first-order chi connectivity index (χ1) is 24.6. The van der Waals surface area contributed by atoms with Gasteiger partial charge in [0.15, 0.2) is 0 Å². The molecular formula is C30H63N7O14S2. The molecule has 0 saturated carbocycles. The number of carbonyl (C=O) groups is 3. The van der Waals surface area contributed by atoms with Gasteiger partial charge in [-0.25, -0.2) is 26.3 Å². The van der Waals surface area contributed by atoms with Gasteiger partial charge in [-0.2, -0.15) is 0 Å². The molecule has 6 N–H and O–H groups in total. The van der Waals surface area contributed by atoms with E-state index in [4.69, 9.17) is 28.4 Å². The molecule has 0 aliphatic carbocycles. The summed E-state index contributed by atoms with van der Waals surface area (Å²) in [6.07, 6.45) is -0.887. The van der Waals surface area contributed by atoms with Crippen molar-refractivity contribution in [2.45, 2.75) is 58.0 Å². The molecule has 0 spiro atoms. The molecule has 0 bridgehead atoms. The van der Waals surface area contributed by atoms with Crippen LogP contribution in [0.15, 0.2) is 0 Å². The Morgan fingerprint density at radius 2 is 1.30 bits per heavy atom. The number of nitrogens with zero attached hydrogens (tertiary/aromatic N) is 2. The predicted molar refractivity (Wildman–Crippen MR) is 194 cm³/mol. The predicted octanol–water partition coefficient (Wildman–Crippen LogP) is -3.26. The first-order valence-corrected chi connectivity index (χ1v) is 20.5. The van der Waals surface area contributed by atoms with Crippen LogP contribution >= 0.6 is 0 Å². The number of hydrogen-bond acceptors (Lipinski definition) is 16.